The molecule has 2 rings (SSSR count). The molecule has 0 saturated heterocycles. The quantitative estimate of drug-likeness (QED) is 0.822. The molecule has 1 N–H and O–H groups in total. The van der Waals surface area contributed by atoms with Crippen LogP contribution in [0, 0.1) is 0 Å². The Morgan fingerprint density at radius 3 is 2.35 bits per heavy atom. The molecule has 0 aliphatic carbocycles. The van der Waals surface area contributed by atoms with Crippen LogP contribution in [0.25, 0.3) is 0 Å². The molecule has 0 aromatic heterocycles. The van der Waals surface area contributed by atoms with E-state index in [4.69, 9.17) is 4.74 Å². The summed E-state index contributed by atoms with van der Waals surface area (Å²) >= 11 is 0. The van der Waals surface area contributed by atoms with Crippen LogP contribution in [-0.4, -0.2) is 6.54 Å². The van der Waals surface area contributed by atoms with E-state index in [-0.39, 0.29) is 0 Å². The summed E-state index contributed by atoms with van der Waals surface area (Å²) < 4.78 is 5.84. The second kappa shape index (κ2) is 7.71. The minimum atomic E-state index is 0.620. The predicted molar refractivity (Wildman–Crippen MR) is 84.0 cm³/mol. The average molecular weight is 269 g/mol. The third kappa shape index (κ3) is 4.39. The molecule has 0 bridgehead atoms. The van der Waals surface area contributed by atoms with Crippen molar-refractivity contribution >= 4 is 0 Å². The molecule has 0 spiro atoms. The fourth-order valence-corrected chi connectivity index (χ4v) is 2.04. The molecule has 0 fully saturated rings. The van der Waals surface area contributed by atoms with Crippen molar-refractivity contribution in [2.45, 2.75) is 33.4 Å². The van der Waals surface area contributed by atoms with Gasteiger partial charge in [-0.25, -0.2) is 0 Å². The van der Waals surface area contributed by atoms with Gasteiger partial charge in [0.05, 0.1) is 0 Å². The zero-order chi connectivity index (χ0) is 14.2. The zero-order valence-electron chi connectivity index (χ0n) is 12.4. The summed E-state index contributed by atoms with van der Waals surface area (Å²) in [5, 5.41) is 3.32. The standard InChI is InChI=1S/C18H23NO/c1-3-15-6-5-7-18(12-15)20-14-17-10-8-16(9-11-17)13-19-4-2/h5-12,19H,3-4,13-14H2,1-2H3. The lowest BCUT2D eigenvalue weighted by molar-refractivity contribution is 0.306. The van der Waals surface area contributed by atoms with Crippen molar-refractivity contribution in [2.24, 2.45) is 0 Å². The number of hydrogen-bond acceptors (Lipinski definition) is 2. The average Bonchev–Trinajstić information content (AvgIpc) is 2.52. The Kier molecular flexibility index (Phi) is 5.63. The second-order valence-electron chi connectivity index (χ2n) is 4.89. The van der Waals surface area contributed by atoms with Gasteiger partial charge in [0.15, 0.2) is 0 Å². The Bertz CT molecular complexity index is 519. The predicted octanol–water partition coefficient (Wildman–Crippen LogP) is 3.94. The fraction of sp³-hybridized carbons (Fsp3) is 0.333. The van der Waals surface area contributed by atoms with Crippen LogP contribution < -0.4 is 10.1 Å². The molecular formula is C18H23NO. The van der Waals surface area contributed by atoms with Crippen molar-refractivity contribution in [3.05, 3.63) is 65.2 Å². The number of hydrogen-bond donors (Lipinski definition) is 1. The summed E-state index contributed by atoms with van der Waals surface area (Å²) in [4.78, 5) is 0. The lowest BCUT2D eigenvalue weighted by atomic mass is 10.1. The lowest BCUT2D eigenvalue weighted by Gasteiger charge is -2.08. The number of benzene rings is 2. The highest BCUT2D eigenvalue weighted by Crippen LogP contribution is 2.15. The maximum atomic E-state index is 5.84. The lowest BCUT2D eigenvalue weighted by Crippen LogP contribution is -2.11. The van der Waals surface area contributed by atoms with Crippen molar-refractivity contribution in [2.75, 3.05) is 6.54 Å². The molecule has 2 heteroatoms. The minimum absolute atomic E-state index is 0.620. The Hall–Kier alpha value is -1.80. The van der Waals surface area contributed by atoms with E-state index in [1.807, 2.05) is 12.1 Å². The third-order valence-corrected chi connectivity index (χ3v) is 3.31. The van der Waals surface area contributed by atoms with E-state index in [0.717, 1.165) is 25.3 Å². The van der Waals surface area contributed by atoms with Crippen molar-refractivity contribution in [3.63, 3.8) is 0 Å². The maximum Gasteiger partial charge on any atom is 0.120 e. The highest BCUT2D eigenvalue weighted by atomic mass is 16.5. The second-order valence-corrected chi connectivity index (χ2v) is 4.89. The first-order chi connectivity index (χ1) is 9.81. The first kappa shape index (κ1) is 14.6. The van der Waals surface area contributed by atoms with Gasteiger partial charge in [0.2, 0.25) is 0 Å². The van der Waals surface area contributed by atoms with Crippen molar-refractivity contribution in [1.29, 1.82) is 0 Å². The van der Waals surface area contributed by atoms with E-state index < -0.39 is 0 Å². The molecule has 0 saturated carbocycles. The van der Waals surface area contributed by atoms with E-state index in [1.165, 1.54) is 16.7 Å². The summed E-state index contributed by atoms with van der Waals surface area (Å²) in [5.74, 6) is 0.945. The Morgan fingerprint density at radius 1 is 0.900 bits per heavy atom. The summed E-state index contributed by atoms with van der Waals surface area (Å²) in [6.45, 7) is 6.82. The first-order valence-electron chi connectivity index (χ1n) is 7.32. The van der Waals surface area contributed by atoms with Crippen LogP contribution in [0.3, 0.4) is 0 Å². The summed E-state index contributed by atoms with van der Waals surface area (Å²) in [6, 6.07) is 16.9. The molecule has 0 aliphatic rings. The van der Waals surface area contributed by atoms with Crippen LogP contribution in [0.1, 0.15) is 30.5 Å². The van der Waals surface area contributed by atoms with E-state index in [1.54, 1.807) is 0 Å². The highest BCUT2D eigenvalue weighted by molar-refractivity contribution is 5.29. The van der Waals surface area contributed by atoms with Crippen LogP contribution >= 0.6 is 0 Å². The third-order valence-electron chi connectivity index (χ3n) is 3.31. The van der Waals surface area contributed by atoms with Gasteiger partial charge in [-0.3, -0.25) is 0 Å². The van der Waals surface area contributed by atoms with E-state index in [0.29, 0.717) is 6.61 Å². The van der Waals surface area contributed by atoms with Gasteiger partial charge in [-0.15, -0.1) is 0 Å². The number of nitrogens with one attached hydrogen (secondary N) is 1. The normalized spacial score (nSPS) is 10.5. The monoisotopic (exact) mass is 269 g/mol. The van der Waals surface area contributed by atoms with E-state index in [9.17, 15) is 0 Å². The van der Waals surface area contributed by atoms with Crippen LogP contribution in [0.2, 0.25) is 0 Å². The van der Waals surface area contributed by atoms with Crippen molar-refractivity contribution < 1.29 is 4.74 Å². The number of aryl methyl sites for hydroxylation is 1. The van der Waals surface area contributed by atoms with Gasteiger partial charge < -0.3 is 10.1 Å². The van der Waals surface area contributed by atoms with Gasteiger partial charge >= 0.3 is 0 Å². The molecule has 0 aliphatic heterocycles. The Balaban J connectivity index is 1.89. The van der Waals surface area contributed by atoms with Gasteiger partial charge in [-0.1, -0.05) is 50.2 Å². The summed E-state index contributed by atoms with van der Waals surface area (Å²) in [7, 11) is 0. The van der Waals surface area contributed by atoms with Gasteiger partial charge in [0, 0.05) is 6.54 Å². The van der Waals surface area contributed by atoms with Crippen LogP contribution in [0.15, 0.2) is 48.5 Å². The largest absolute Gasteiger partial charge is 0.489 e. The van der Waals surface area contributed by atoms with Crippen LogP contribution in [-0.2, 0) is 19.6 Å². The Labute approximate surface area is 121 Å². The highest BCUT2D eigenvalue weighted by Gasteiger charge is 1.98. The van der Waals surface area contributed by atoms with Crippen LogP contribution in [0.5, 0.6) is 5.75 Å². The van der Waals surface area contributed by atoms with Gasteiger partial charge in [-0.05, 0) is 41.8 Å². The molecule has 0 amide bonds. The molecule has 0 heterocycles. The van der Waals surface area contributed by atoms with Gasteiger partial charge in [-0.2, -0.15) is 0 Å². The van der Waals surface area contributed by atoms with E-state index in [2.05, 4.69) is 55.6 Å². The molecule has 0 unspecified atom stereocenters. The summed E-state index contributed by atoms with van der Waals surface area (Å²) in [5.41, 5.74) is 3.82. The molecule has 2 aromatic carbocycles. The fourth-order valence-electron chi connectivity index (χ4n) is 2.04. The SMILES string of the molecule is CCNCc1ccc(COc2cccc(CC)c2)cc1. The molecule has 0 atom stereocenters. The smallest absolute Gasteiger partial charge is 0.120 e. The molecule has 20 heavy (non-hydrogen) atoms. The molecule has 2 nitrogen and oxygen atoms in total. The van der Waals surface area contributed by atoms with Gasteiger partial charge in [0.1, 0.15) is 12.4 Å². The number of rotatable bonds is 7. The Morgan fingerprint density at radius 2 is 1.65 bits per heavy atom. The van der Waals surface area contributed by atoms with Crippen molar-refractivity contribution in [1.82, 2.24) is 5.32 Å². The molecule has 106 valence electrons. The van der Waals surface area contributed by atoms with Crippen LogP contribution in [0.4, 0.5) is 0 Å². The maximum absolute atomic E-state index is 5.84. The number of ether oxygens (including phenoxy) is 1. The topological polar surface area (TPSA) is 21.3 Å². The molecule has 0 radical (unpaired) electrons. The molecule has 2 aromatic rings. The van der Waals surface area contributed by atoms with E-state index >= 15 is 0 Å². The molecular weight excluding hydrogens is 246 g/mol. The zero-order valence-corrected chi connectivity index (χ0v) is 12.4. The van der Waals surface area contributed by atoms with Gasteiger partial charge in [0.25, 0.3) is 0 Å². The first-order valence-corrected chi connectivity index (χ1v) is 7.32. The minimum Gasteiger partial charge on any atom is -0.489 e. The summed E-state index contributed by atoms with van der Waals surface area (Å²) in [6.07, 6.45) is 1.04. The van der Waals surface area contributed by atoms with Crippen molar-refractivity contribution in [3.8, 4) is 5.75 Å².